The lowest BCUT2D eigenvalue weighted by Crippen LogP contribution is -2.50. The second-order valence-electron chi connectivity index (χ2n) is 8.30. The van der Waals surface area contributed by atoms with Gasteiger partial charge in [0.25, 0.3) is 5.91 Å². The van der Waals surface area contributed by atoms with Crippen molar-refractivity contribution >= 4 is 27.5 Å². The number of piperazine rings is 1. The molecule has 2 heterocycles. The number of carbonyl (C=O) groups excluding carboxylic acids is 2. The van der Waals surface area contributed by atoms with E-state index < -0.39 is 10.0 Å². The zero-order valence-electron chi connectivity index (χ0n) is 18.2. The van der Waals surface area contributed by atoms with Crippen LogP contribution >= 0.6 is 0 Å². The Labute approximate surface area is 189 Å². The molecule has 32 heavy (non-hydrogen) atoms. The molecule has 7 nitrogen and oxygen atoms in total. The van der Waals surface area contributed by atoms with E-state index in [1.165, 1.54) is 9.87 Å². The maximum absolute atomic E-state index is 12.9. The van der Waals surface area contributed by atoms with E-state index in [2.05, 4.69) is 12.1 Å². The maximum atomic E-state index is 12.9. The minimum absolute atomic E-state index is 0.0861. The van der Waals surface area contributed by atoms with E-state index in [4.69, 9.17) is 0 Å². The van der Waals surface area contributed by atoms with E-state index in [-0.39, 0.29) is 17.6 Å². The molecule has 2 amide bonds. The van der Waals surface area contributed by atoms with Crippen molar-refractivity contribution in [1.29, 1.82) is 0 Å². The summed E-state index contributed by atoms with van der Waals surface area (Å²) in [5.74, 6) is 0.226. The predicted octanol–water partition coefficient (Wildman–Crippen LogP) is 2.53. The summed E-state index contributed by atoms with van der Waals surface area (Å²) in [4.78, 5) is 29.0. The zero-order chi connectivity index (χ0) is 22.6. The second-order valence-corrected chi connectivity index (χ2v) is 10.3. The second kappa shape index (κ2) is 9.73. The van der Waals surface area contributed by atoms with E-state index in [9.17, 15) is 18.0 Å². The van der Waals surface area contributed by atoms with Crippen LogP contribution in [0.4, 0.5) is 5.69 Å². The number of benzene rings is 2. The molecule has 4 rings (SSSR count). The highest BCUT2D eigenvalue weighted by atomic mass is 32.2. The third-order valence-corrected chi connectivity index (χ3v) is 7.99. The van der Waals surface area contributed by atoms with Crippen LogP contribution in [0.2, 0.25) is 0 Å². The molecule has 0 aromatic heterocycles. The predicted molar refractivity (Wildman–Crippen MR) is 124 cm³/mol. The van der Waals surface area contributed by atoms with Gasteiger partial charge in [0.2, 0.25) is 15.9 Å². The number of hydrogen-bond acceptors (Lipinski definition) is 4. The lowest BCUT2D eigenvalue weighted by molar-refractivity contribution is -0.132. The van der Waals surface area contributed by atoms with Gasteiger partial charge in [-0.25, -0.2) is 8.42 Å². The molecule has 2 aliphatic rings. The quantitative estimate of drug-likeness (QED) is 0.671. The van der Waals surface area contributed by atoms with Crippen molar-refractivity contribution in [2.24, 2.45) is 0 Å². The summed E-state index contributed by atoms with van der Waals surface area (Å²) in [6.45, 7) is 2.58. The smallest absolute Gasteiger partial charge is 0.253 e. The minimum atomic E-state index is -3.23. The van der Waals surface area contributed by atoms with Crippen LogP contribution in [0, 0.1) is 0 Å². The molecule has 0 spiro atoms. The van der Waals surface area contributed by atoms with Gasteiger partial charge < -0.3 is 9.80 Å². The molecule has 0 radical (unpaired) electrons. The van der Waals surface area contributed by atoms with Crippen molar-refractivity contribution in [3.63, 3.8) is 0 Å². The molecule has 0 bridgehead atoms. The van der Waals surface area contributed by atoms with Gasteiger partial charge in [0, 0.05) is 44.7 Å². The number of hydrogen-bond donors (Lipinski definition) is 0. The van der Waals surface area contributed by atoms with Crippen LogP contribution in [0.25, 0.3) is 0 Å². The van der Waals surface area contributed by atoms with E-state index in [0.29, 0.717) is 56.8 Å². The average molecular weight is 456 g/mol. The number of nitrogens with zero attached hydrogens (tertiary/aromatic N) is 3. The SMILES string of the molecule is O=C(CCCc1ccccc1)N1CCN(C(=O)c2ccc(N3CCCS3(=O)=O)cc2)CC1. The van der Waals surface area contributed by atoms with Crippen LogP contribution in [0.1, 0.15) is 35.2 Å². The first-order chi connectivity index (χ1) is 15.4. The van der Waals surface area contributed by atoms with E-state index >= 15 is 0 Å². The monoisotopic (exact) mass is 455 g/mol. The molecule has 2 aromatic carbocycles. The fourth-order valence-corrected chi connectivity index (χ4v) is 5.85. The van der Waals surface area contributed by atoms with Crippen LogP contribution < -0.4 is 4.31 Å². The lowest BCUT2D eigenvalue weighted by Gasteiger charge is -2.35. The molecule has 0 unspecified atom stereocenters. The van der Waals surface area contributed by atoms with Gasteiger partial charge in [-0.2, -0.15) is 0 Å². The summed E-state index contributed by atoms with van der Waals surface area (Å²) in [5, 5.41) is 0. The van der Waals surface area contributed by atoms with Gasteiger partial charge in [0.1, 0.15) is 0 Å². The van der Waals surface area contributed by atoms with Gasteiger partial charge in [-0.3, -0.25) is 13.9 Å². The van der Waals surface area contributed by atoms with Crippen molar-refractivity contribution in [1.82, 2.24) is 9.80 Å². The first kappa shape index (κ1) is 22.3. The number of sulfonamides is 1. The first-order valence-corrected chi connectivity index (χ1v) is 12.8. The summed E-state index contributed by atoms with van der Waals surface area (Å²) in [5.41, 5.74) is 2.38. The van der Waals surface area contributed by atoms with E-state index in [0.717, 1.165) is 12.8 Å². The third-order valence-electron chi connectivity index (χ3n) is 6.12. The Balaban J connectivity index is 1.25. The molecular weight excluding hydrogens is 426 g/mol. The molecule has 0 atom stereocenters. The van der Waals surface area contributed by atoms with Crippen molar-refractivity contribution in [2.45, 2.75) is 25.7 Å². The minimum Gasteiger partial charge on any atom is -0.339 e. The Hall–Kier alpha value is -2.87. The molecule has 8 heteroatoms. The molecule has 0 aliphatic carbocycles. The van der Waals surface area contributed by atoms with Crippen LogP contribution in [0.3, 0.4) is 0 Å². The van der Waals surface area contributed by atoms with Crippen molar-refractivity contribution < 1.29 is 18.0 Å². The summed E-state index contributed by atoms with van der Waals surface area (Å²) in [6, 6.07) is 16.9. The number of aryl methyl sites for hydroxylation is 1. The largest absolute Gasteiger partial charge is 0.339 e. The highest BCUT2D eigenvalue weighted by Gasteiger charge is 2.29. The standard InChI is InChI=1S/C24H29N3O4S/c28-23(9-4-8-20-6-2-1-3-7-20)25-15-17-26(18-16-25)24(29)21-10-12-22(13-11-21)27-14-5-19-32(27,30)31/h1-3,6-7,10-13H,4-5,8-9,14-19H2. The van der Waals surface area contributed by atoms with Crippen LogP contribution in [0.15, 0.2) is 54.6 Å². The Morgan fingerprint density at radius 3 is 2.09 bits per heavy atom. The highest BCUT2D eigenvalue weighted by Crippen LogP contribution is 2.24. The van der Waals surface area contributed by atoms with Crippen LogP contribution in [-0.2, 0) is 21.2 Å². The van der Waals surface area contributed by atoms with Gasteiger partial charge in [-0.05, 0) is 49.1 Å². The summed E-state index contributed by atoms with van der Waals surface area (Å²) >= 11 is 0. The summed E-state index contributed by atoms with van der Waals surface area (Å²) in [7, 11) is -3.23. The highest BCUT2D eigenvalue weighted by molar-refractivity contribution is 7.93. The molecule has 2 saturated heterocycles. The fraction of sp³-hybridized carbons (Fsp3) is 0.417. The van der Waals surface area contributed by atoms with Crippen molar-refractivity contribution in [3.8, 4) is 0 Å². The van der Waals surface area contributed by atoms with Gasteiger partial charge in [-0.1, -0.05) is 30.3 Å². The summed E-state index contributed by atoms with van der Waals surface area (Å²) in [6.07, 6.45) is 2.85. The topological polar surface area (TPSA) is 78.0 Å². The molecule has 2 aromatic rings. The van der Waals surface area contributed by atoms with Gasteiger partial charge in [0.05, 0.1) is 11.4 Å². The Morgan fingerprint density at radius 1 is 0.812 bits per heavy atom. The molecule has 0 N–H and O–H groups in total. The fourth-order valence-electron chi connectivity index (χ4n) is 4.29. The molecule has 2 aliphatic heterocycles. The van der Waals surface area contributed by atoms with Crippen LogP contribution in [-0.4, -0.2) is 68.5 Å². The molecular formula is C24H29N3O4S. The Bertz CT molecular complexity index is 1050. The lowest BCUT2D eigenvalue weighted by atomic mass is 10.1. The van der Waals surface area contributed by atoms with Gasteiger partial charge in [-0.15, -0.1) is 0 Å². The average Bonchev–Trinajstić information content (AvgIpc) is 3.18. The van der Waals surface area contributed by atoms with Gasteiger partial charge in [0.15, 0.2) is 0 Å². The third kappa shape index (κ3) is 5.12. The number of anilines is 1. The Kier molecular flexibility index (Phi) is 6.79. The van der Waals surface area contributed by atoms with Gasteiger partial charge >= 0.3 is 0 Å². The normalized spacial score (nSPS) is 18.1. The van der Waals surface area contributed by atoms with E-state index in [1.807, 2.05) is 23.1 Å². The van der Waals surface area contributed by atoms with Crippen molar-refractivity contribution in [2.75, 3.05) is 42.8 Å². The van der Waals surface area contributed by atoms with Crippen LogP contribution in [0.5, 0.6) is 0 Å². The number of rotatable bonds is 6. The number of carbonyl (C=O) groups is 2. The maximum Gasteiger partial charge on any atom is 0.253 e. The van der Waals surface area contributed by atoms with E-state index in [1.54, 1.807) is 29.2 Å². The number of amides is 2. The molecule has 170 valence electrons. The first-order valence-electron chi connectivity index (χ1n) is 11.2. The Morgan fingerprint density at radius 2 is 1.47 bits per heavy atom. The zero-order valence-corrected chi connectivity index (χ0v) is 19.0. The molecule has 0 saturated carbocycles. The van der Waals surface area contributed by atoms with Crippen molar-refractivity contribution in [3.05, 3.63) is 65.7 Å². The molecule has 2 fully saturated rings. The summed E-state index contributed by atoms with van der Waals surface area (Å²) < 4.78 is 25.5.